The first-order valence-corrected chi connectivity index (χ1v) is 16.2. The zero-order chi connectivity index (χ0) is 27.2. The highest BCUT2D eigenvalue weighted by Gasteiger charge is 2.11. The average molecular weight is 523 g/mol. The van der Waals surface area contributed by atoms with Crippen LogP contribution in [0.2, 0.25) is 0 Å². The van der Waals surface area contributed by atoms with Gasteiger partial charge in [0, 0.05) is 18.8 Å². The van der Waals surface area contributed by atoms with Crippen LogP contribution in [0.4, 0.5) is 0 Å². The van der Waals surface area contributed by atoms with Crippen molar-refractivity contribution in [1.29, 1.82) is 0 Å². The molecule has 0 spiro atoms. The van der Waals surface area contributed by atoms with Crippen molar-refractivity contribution in [2.24, 2.45) is 11.8 Å². The molecule has 0 fully saturated rings. The fourth-order valence-corrected chi connectivity index (χ4v) is 5.22. The number of hydrogen-bond donors (Lipinski definition) is 0. The lowest BCUT2D eigenvalue weighted by Crippen LogP contribution is -2.10. The molecule has 0 rings (SSSR count). The van der Waals surface area contributed by atoms with Crippen LogP contribution < -0.4 is 0 Å². The minimum Gasteiger partial charge on any atom is -0.466 e. The Kier molecular flexibility index (Phi) is 28.4. The quantitative estimate of drug-likeness (QED) is 0.0535. The Hall–Kier alpha value is -1.19. The Morgan fingerprint density at radius 3 is 1.59 bits per heavy atom. The van der Waals surface area contributed by atoms with E-state index < -0.39 is 0 Å². The number of esters is 1. The van der Waals surface area contributed by atoms with Gasteiger partial charge in [0.2, 0.25) is 0 Å². The maximum atomic E-state index is 12.1. The molecule has 0 aromatic rings. The van der Waals surface area contributed by atoms with Gasteiger partial charge in [-0.25, -0.2) is 0 Å². The van der Waals surface area contributed by atoms with Gasteiger partial charge in [0.1, 0.15) is 12.6 Å². The highest BCUT2D eigenvalue weighted by molar-refractivity contribution is 5.69. The first-order valence-electron chi connectivity index (χ1n) is 16.2. The molecule has 0 aliphatic rings. The van der Waals surface area contributed by atoms with Crippen molar-refractivity contribution in [2.45, 2.75) is 174 Å². The molecular formula is C33H62O4. The largest absolute Gasteiger partial charge is 0.466 e. The fraction of sp³-hybridized carbons (Fsp3) is 0.909. The van der Waals surface area contributed by atoms with Crippen LogP contribution in [0.5, 0.6) is 0 Å². The number of carbonyl (C=O) groups is 3. The Morgan fingerprint density at radius 1 is 0.595 bits per heavy atom. The van der Waals surface area contributed by atoms with Gasteiger partial charge >= 0.3 is 5.97 Å². The number of aldehydes is 2. The standard InChI is InChI=1S/C33H62O4/c1-3-5-16-22-31(23-17-6-4-2)27-29-37-33(36)26-20-14-10-9-13-19-25-32(30-35)24-18-12-8-7-11-15-21-28-34/h28,30-32H,3-27,29H2,1-2H3. The van der Waals surface area contributed by atoms with E-state index in [9.17, 15) is 14.4 Å². The molecule has 37 heavy (non-hydrogen) atoms. The summed E-state index contributed by atoms with van der Waals surface area (Å²) in [6.07, 6.45) is 30.5. The third-order valence-corrected chi connectivity index (χ3v) is 7.77. The normalized spacial score (nSPS) is 12.1. The smallest absolute Gasteiger partial charge is 0.305 e. The molecule has 0 radical (unpaired) electrons. The lowest BCUT2D eigenvalue weighted by molar-refractivity contribution is -0.144. The minimum absolute atomic E-state index is 0.0179. The summed E-state index contributed by atoms with van der Waals surface area (Å²) in [5, 5.41) is 0. The second-order valence-electron chi connectivity index (χ2n) is 11.3. The molecule has 0 aliphatic heterocycles. The molecule has 4 nitrogen and oxygen atoms in total. The molecule has 0 aromatic heterocycles. The third kappa shape index (κ3) is 26.2. The van der Waals surface area contributed by atoms with Crippen LogP contribution in [-0.4, -0.2) is 25.1 Å². The van der Waals surface area contributed by atoms with E-state index in [1.165, 1.54) is 89.9 Å². The molecule has 0 heterocycles. The van der Waals surface area contributed by atoms with E-state index >= 15 is 0 Å². The van der Waals surface area contributed by atoms with E-state index in [4.69, 9.17) is 4.74 Å². The summed E-state index contributed by atoms with van der Waals surface area (Å²) in [4.78, 5) is 33.8. The highest BCUT2D eigenvalue weighted by Crippen LogP contribution is 2.21. The van der Waals surface area contributed by atoms with E-state index in [0.29, 0.717) is 19.4 Å². The SMILES string of the molecule is CCCCCC(CCCCC)CCOC(=O)CCCCCCCCC(C=O)CCCCCCCCC=O. The molecule has 0 saturated carbocycles. The van der Waals surface area contributed by atoms with Crippen LogP contribution in [0.3, 0.4) is 0 Å². The van der Waals surface area contributed by atoms with E-state index in [2.05, 4.69) is 13.8 Å². The Morgan fingerprint density at radius 2 is 1.08 bits per heavy atom. The molecule has 0 N–H and O–H groups in total. The van der Waals surface area contributed by atoms with Crippen molar-refractivity contribution in [2.75, 3.05) is 6.61 Å². The molecule has 0 amide bonds. The molecule has 0 bridgehead atoms. The maximum Gasteiger partial charge on any atom is 0.305 e. The summed E-state index contributed by atoms with van der Waals surface area (Å²) in [5.74, 6) is 0.924. The van der Waals surface area contributed by atoms with Crippen molar-refractivity contribution in [1.82, 2.24) is 0 Å². The zero-order valence-corrected chi connectivity index (χ0v) is 24.8. The van der Waals surface area contributed by atoms with Gasteiger partial charge in [-0.2, -0.15) is 0 Å². The summed E-state index contributed by atoms with van der Waals surface area (Å²) < 4.78 is 5.55. The second-order valence-corrected chi connectivity index (χ2v) is 11.3. The monoisotopic (exact) mass is 522 g/mol. The first-order chi connectivity index (χ1) is 18.2. The van der Waals surface area contributed by atoms with Gasteiger partial charge in [-0.15, -0.1) is 0 Å². The average Bonchev–Trinajstić information content (AvgIpc) is 2.90. The number of unbranched alkanes of at least 4 members (excludes halogenated alkanes) is 15. The topological polar surface area (TPSA) is 60.4 Å². The van der Waals surface area contributed by atoms with E-state index in [0.717, 1.165) is 76.3 Å². The fourth-order valence-electron chi connectivity index (χ4n) is 5.22. The summed E-state index contributed by atoms with van der Waals surface area (Å²) in [6, 6.07) is 0. The van der Waals surface area contributed by atoms with Crippen molar-refractivity contribution < 1.29 is 19.1 Å². The van der Waals surface area contributed by atoms with Crippen molar-refractivity contribution >= 4 is 18.5 Å². The Labute approximate surface area is 230 Å². The van der Waals surface area contributed by atoms with Crippen molar-refractivity contribution in [3.63, 3.8) is 0 Å². The molecule has 1 unspecified atom stereocenters. The highest BCUT2D eigenvalue weighted by atomic mass is 16.5. The second kappa shape index (κ2) is 29.4. The molecule has 4 heteroatoms. The number of ether oxygens (including phenoxy) is 1. The number of rotatable bonds is 30. The summed E-state index contributed by atoms with van der Waals surface area (Å²) in [7, 11) is 0. The molecule has 218 valence electrons. The summed E-state index contributed by atoms with van der Waals surface area (Å²) >= 11 is 0. The first kappa shape index (κ1) is 35.8. The maximum absolute atomic E-state index is 12.1. The number of hydrogen-bond acceptors (Lipinski definition) is 4. The van der Waals surface area contributed by atoms with Crippen LogP contribution in [0.1, 0.15) is 174 Å². The van der Waals surface area contributed by atoms with Gasteiger partial charge in [0.25, 0.3) is 0 Å². The Balaban J connectivity index is 3.65. The Bertz CT molecular complexity index is 495. The summed E-state index contributed by atoms with van der Waals surface area (Å²) in [6.45, 7) is 5.11. The van der Waals surface area contributed by atoms with E-state index in [-0.39, 0.29) is 11.9 Å². The van der Waals surface area contributed by atoms with E-state index in [1.54, 1.807) is 0 Å². The van der Waals surface area contributed by atoms with Crippen molar-refractivity contribution in [3.05, 3.63) is 0 Å². The summed E-state index contributed by atoms with van der Waals surface area (Å²) in [5.41, 5.74) is 0. The van der Waals surface area contributed by atoms with Crippen LogP contribution in [0, 0.1) is 11.8 Å². The predicted molar refractivity (Wildman–Crippen MR) is 157 cm³/mol. The molecule has 0 aromatic carbocycles. The van der Waals surface area contributed by atoms with Crippen LogP contribution in [0.15, 0.2) is 0 Å². The van der Waals surface area contributed by atoms with Crippen molar-refractivity contribution in [3.8, 4) is 0 Å². The number of carbonyl (C=O) groups excluding carboxylic acids is 3. The van der Waals surface area contributed by atoms with Gasteiger partial charge in [-0.05, 0) is 38.0 Å². The van der Waals surface area contributed by atoms with E-state index in [1.807, 2.05) is 0 Å². The van der Waals surface area contributed by atoms with Gasteiger partial charge in [-0.3, -0.25) is 4.79 Å². The lowest BCUT2D eigenvalue weighted by atomic mass is 9.92. The van der Waals surface area contributed by atoms with Gasteiger partial charge < -0.3 is 14.3 Å². The molecular weight excluding hydrogens is 460 g/mol. The molecule has 0 aliphatic carbocycles. The van der Waals surface area contributed by atoms with Gasteiger partial charge in [0.15, 0.2) is 0 Å². The molecule has 0 saturated heterocycles. The lowest BCUT2D eigenvalue weighted by Gasteiger charge is -2.16. The minimum atomic E-state index is -0.0179. The van der Waals surface area contributed by atoms with Crippen LogP contribution >= 0.6 is 0 Å². The van der Waals surface area contributed by atoms with Gasteiger partial charge in [-0.1, -0.05) is 129 Å². The van der Waals surface area contributed by atoms with Gasteiger partial charge in [0.05, 0.1) is 6.61 Å². The van der Waals surface area contributed by atoms with Crippen LogP contribution in [0.25, 0.3) is 0 Å². The molecule has 1 atom stereocenters. The van der Waals surface area contributed by atoms with Crippen LogP contribution in [-0.2, 0) is 19.1 Å². The predicted octanol–water partition coefficient (Wildman–Crippen LogP) is 9.95. The zero-order valence-electron chi connectivity index (χ0n) is 24.8. The third-order valence-electron chi connectivity index (χ3n) is 7.77.